The lowest BCUT2D eigenvalue weighted by atomic mass is 10.1. The average Bonchev–Trinajstić information content (AvgIpc) is 2.45. The molecule has 3 nitrogen and oxygen atoms in total. The molecular weight excluding hydrogens is 302 g/mol. The maximum Gasteiger partial charge on any atom is 0.417 e. The standard InChI is InChI=1S/C15H9F4NO2/c16-13-4-2-1-3-9(13)8-20-10-5-6-11(14(21)22)12(7-10)15(17,18)19/h1-8H,(H,21,22)/b20-8+. The lowest BCUT2D eigenvalue weighted by Gasteiger charge is -2.10. The Balaban J connectivity index is 2.42. The van der Waals surface area contributed by atoms with E-state index in [1.807, 2.05) is 0 Å². The van der Waals surface area contributed by atoms with Gasteiger partial charge in [0.15, 0.2) is 0 Å². The van der Waals surface area contributed by atoms with Crippen LogP contribution in [0.4, 0.5) is 23.2 Å². The summed E-state index contributed by atoms with van der Waals surface area (Å²) in [7, 11) is 0. The fraction of sp³-hybridized carbons (Fsp3) is 0.0667. The molecule has 0 atom stereocenters. The molecule has 0 heterocycles. The molecule has 0 aliphatic heterocycles. The van der Waals surface area contributed by atoms with Crippen molar-refractivity contribution < 1.29 is 27.5 Å². The topological polar surface area (TPSA) is 49.7 Å². The third-order valence-electron chi connectivity index (χ3n) is 2.80. The summed E-state index contributed by atoms with van der Waals surface area (Å²) < 4.78 is 51.9. The first-order valence-electron chi connectivity index (χ1n) is 6.02. The number of rotatable bonds is 3. The van der Waals surface area contributed by atoms with Gasteiger partial charge in [-0.2, -0.15) is 13.2 Å². The molecule has 114 valence electrons. The predicted octanol–water partition coefficient (Wildman–Crippen LogP) is 4.29. The third kappa shape index (κ3) is 3.49. The Morgan fingerprint density at radius 3 is 2.41 bits per heavy atom. The van der Waals surface area contributed by atoms with Gasteiger partial charge in [0.05, 0.1) is 16.8 Å². The molecule has 22 heavy (non-hydrogen) atoms. The Kier molecular flexibility index (Phi) is 4.25. The van der Waals surface area contributed by atoms with Crippen molar-refractivity contribution in [2.45, 2.75) is 6.18 Å². The zero-order valence-corrected chi connectivity index (χ0v) is 10.9. The molecule has 0 aromatic heterocycles. The fourth-order valence-electron chi connectivity index (χ4n) is 1.76. The molecule has 0 saturated heterocycles. The highest BCUT2D eigenvalue weighted by Gasteiger charge is 2.35. The van der Waals surface area contributed by atoms with Crippen LogP contribution < -0.4 is 0 Å². The van der Waals surface area contributed by atoms with E-state index in [1.54, 1.807) is 6.07 Å². The van der Waals surface area contributed by atoms with Gasteiger partial charge in [0.1, 0.15) is 5.82 Å². The van der Waals surface area contributed by atoms with Gasteiger partial charge in [-0.15, -0.1) is 0 Å². The minimum Gasteiger partial charge on any atom is -0.478 e. The van der Waals surface area contributed by atoms with Crippen molar-refractivity contribution in [3.8, 4) is 0 Å². The monoisotopic (exact) mass is 311 g/mol. The van der Waals surface area contributed by atoms with Crippen LogP contribution >= 0.6 is 0 Å². The number of hydrogen-bond donors (Lipinski definition) is 1. The van der Waals surface area contributed by atoms with Gasteiger partial charge in [0, 0.05) is 11.8 Å². The first-order chi connectivity index (χ1) is 10.3. The minimum atomic E-state index is -4.82. The van der Waals surface area contributed by atoms with Crippen molar-refractivity contribution >= 4 is 17.9 Å². The van der Waals surface area contributed by atoms with Crippen LogP contribution in [-0.2, 0) is 6.18 Å². The van der Waals surface area contributed by atoms with Crippen molar-refractivity contribution in [3.05, 3.63) is 65.0 Å². The summed E-state index contributed by atoms with van der Waals surface area (Å²) in [5, 5.41) is 8.78. The molecule has 0 saturated carbocycles. The molecule has 0 amide bonds. The maximum absolute atomic E-state index is 13.4. The molecule has 2 aromatic carbocycles. The van der Waals surface area contributed by atoms with Gasteiger partial charge < -0.3 is 5.11 Å². The van der Waals surface area contributed by atoms with Crippen molar-refractivity contribution in [3.63, 3.8) is 0 Å². The van der Waals surface area contributed by atoms with E-state index >= 15 is 0 Å². The van der Waals surface area contributed by atoms with Gasteiger partial charge in [-0.1, -0.05) is 18.2 Å². The SMILES string of the molecule is O=C(O)c1ccc(/N=C/c2ccccc2F)cc1C(F)(F)F. The van der Waals surface area contributed by atoms with Crippen LogP contribution in [0, 0.1) is 5.82 Å². The van der Waals surface area contributed by atoms with Crippen LogP contribution in [0.15, 0.2) is 47.5 Å². The highest BCUT2D eigenvalue weighted by Crippen LogP contribution is 2.34. The molecule has 7 heteroatoms. The summed E-state index contributed by atoms with van der Waals surface area (Å²) in [6, 6.07) is 8.18. The van der Waals surface area contributed by atoms with E-state index in [0.29, 0.717) is 6.07 Å². The smallest absolute Gasteiger partial charge is 0.417 e. The quantitative estimate of drug-likeness (QED) is 0.679. The number of nitrogens with zero attached hydrogens (tertiary/aromatic N) is 1. The van der Waals surface area contributed by atoms with Crippen molar-refractivity contribution in [2.24, 2.45) is 4.99 Å². The lowest BCUT2D eigenvalue weighted by Crippen LogP contribution is -2.12. The van der Waals surface area contributed by atoms with Crippen LogP contribution in [-0.4, -0.2) is 17.3 Å². The van der Waals surface area contributed by atoms with E-state index in [2.05, 4.69) is 4.99 Å². The summed E-state index contributed by atoms with van der Waals surface area (Å²) in [4.78, 5) is 14.6. The van der Waals surface area contributed by atoms with Crippen molar-refractivity contribution in [1.29, 1.82) is 0 Å². The number of carbonyl (C=O) groups is 1. The second kappa shape index (κ2) is 5.97. The highest BCUT2D eigenvalue weighted by molar-refractivity contribution is 5.90. The second-order valence-corrected chi connectivity index (χ2v) is 4.31. The number of aliphatic imine (C=N–C) groups is 1. The van der Waals surface area contributed by atoms with E-state index in [1.165, 1.54) is 18.2 Å². The van der Waals surface area contributed by atoms with Gasteiger partial charge in [-0.05, 0) is 24.3 Å². The Morgan fingerprint density at radius 1 is 1.14 bits per heavy atom. The zero-order valence-electron chi connectivity index (χ0n) is 10.9. The lowest BCUT2D eigenvalue weighted by molar-refractivity contribution is -0.138. The molecule has 2 aromatic rings. The average molecular weight is 311 g/mol. The van der Waals surface area contributed by atoms with E-state index in [4.69, 9.17) is 5.11 Å². The van der Waals surface area contributed by atoms with Gasteiger partial charge in [-0.25, -0.2) is 9.18 Å². The van der Waals surface area contributed by atoms with Gasteiger partial charge in [0.2, 0.25) is 0 Å². The number of carboxylic acids is 1. The van der Waals surface area contributed by atoms with Crippen LogP contribution in [0.25, 0.3) is 0 Å². The van der Waals surface area contributed by atoms with Gasteiger partial charge in [0.25, 0.3) is 0 Å². The molecular formula is C15H9F4NO2. The zero-order chi connectivity index (χ0) is 16.3. The molecule has 0 radical (unpaired) electrons. The molecule has 0 fully saturated rings. The Morgan fingerprint density at radius 2 is 1.82 bits per heavy atom. The Bertz CT molecular complexity index is 739. The first-order valence-corrected chi connectivity index (χ1v) is 6.02. The summed E-state index contributed by atoms with van der Waals surface area (Å²) in [6.07, 6.45) is -3.75. The molecule has 0 bridgehead atoms. The summed E-state index contributed by atoms with van der Waals surface area (Å²) in [5.74, 6) is -2.25. The molecule has 0 spiro atoms. The van der Waals surface area contributed by atoms with E-state index < -0.39 is 29.1 Å². The Labute approximate surface area is 122 Å². The van der Waals surface area contributed by atoms with E-state index in [0.717, 1.165) is 18.3 Å². The van der Waals surface area contributed by atoms with Crippen LogP contribution in [0.5, 0.6) is 0 Å². The number of aromatic carboxylic acids is 1. The second-order valence-electron chi connectivity index (χ2n) is 4.31. The summed E-state index contributed by atoms with van der Waals surface area (Å²) >= 11 is 0. The predicted molar refractivity (Wildman–Crippen MR) is 72.1 cm³/mol. The van der Waals surface area contributed by atoms with Crippen molar-refractivity contribution in [2.75, 3.05) is 0 Å². The van der Waals surface area contributed by atoms with Crippen LogP contribution in [0.1, 0.15) is 21.5 Å². The third-order valence-corrected chi connectivity index (χ3v) is 2.80. The normalized spacial score (nSPS) is 11.8. The molecule has 0 aliphatic carbocycles. The number of alkyl halides is 3. The molecule has 0 aliphatic rings. The minimum absolute atomic E-state index is 0.110. The fourth-order valence-corrected chi connectivity index (χ4v) is 1.76. The largest absolute Gasteiger partial charge is 0.478 e. The summed E-state index contributed by atoms with van der Waals surface area (Å²) in [6.45, 7) is 0. The number of benzene rings is 2. The van der Waals surface area contributed by atoms with E-state index in [9.17, 15) is 22.4 Å². The van der Waals surface area contributed by atoms with Crippen LogP contribution in [0.2, 0.25) is 0 Å². The van der Waals surface area contributed by atoms with E-state index in [-0.39, 0.29) is 11.3 Å². The van der Waals surface area contributed by atoms with Crippen LogP contribution in [0.3, 0.4) is 0 Å². The molecule has 0 unspecified atom stereocenters. The van der Waals surface area contributed by atoms with Gasteiger partial charge in [-0.3, -0.25) is 4.99 Å². The summed E-state index contributed by atoms with van der Waals surface area (Å²) in [5.41, 5.74) is -2.18. The van der Waals surface area contributed by atoms with Crippen molar-refractivity contribution in [1.82, 2.24) is 0 Å². The molecule has 2 rings (SSSR count). The highest BCUT2D eigenvalue weighted by atomic mass is 19.4. The first kappa shape index (κ1) is 15.7. The number of carboxylic acid groups (broad SMARTS) is 1. The maximum atomic E-state index is 13.4. The van der Waals surface area contributed by atoms with Gasteiger partial charge >= 0.3 is 12.1 Å². The Hall–Kier alpha value is -2.70. The number of hydrogen-bond acceptors (Lipinski definition) is 2. The number of halogens is 4. The molecule has 1 N–H and O–H groups in total.